The van der Waals surface area contributed by atoms with Crippen LogP contribution in [0.2, 0.25) is 5.02 Å². The van der Waals surface area contributed by atoms with Gasteiger partial charge in [-0.1, -0.05) is 23.7 Å². The van der Waals surface area contributed by atoms with E-state index in [1.54, 1.807) is 0 Å². The third-order valence-electron chi connectivity index (χ3n) is 3.72. The maximum absolute atomic E-state index is 14.1. The molecule has 0 heterocycles. The van der Waals surface area contributed by atoms with E-state index in [-0.39, 0.29) is 11.4 Å². The molecule has 1 N–H and O–H groups in total. The number of nitrogens with zero attached hydrogens (tertiary/aromatic N) is 1. The summed E-state index contributed by atoms with van der Waals surface area (Å²) in [6, 6.07) is 6.19. The summed E-state index contributed by atoms with van der Waals surface area (Å²) in [5.41, 5.74) is -1.76. The summed E-state index contributed by atoms with van der Waals surface area (Å²) in [6.45, 7) is 1.18. The Morgan fingerprint density at radius 3 is 2.32 bits per heavy atom. The first-order chi connectivity index (χ1) is 12.8. The van der Waals surface area contributed by atoms with E-state index < -0.39 is 44.6 Å². The summed E-state index contributed by atoms with van der Waals surface area (Å²) in [6.07, 6.45) is -3.96. The average Bonchev–Trinajstić information content (AvgIpc) is 2.56. The molecule has 0 aromatic heterocycles. The number of anilines is 2. The number of hydrogen-bond donors (Lipinski definition) is 1. The van der Waals surface area contributed by atoms with Crippen LogP contribution in [0.5, 0.6) is 0 Å². The second-order valence-electron chi connectivity index (χ2n) is 5.87. The third-order valence-corrected chi connectivity index (χ3v) is 5.27. The van der Waals surface area contributed by atoms with Gasteiger partial charge in [0, 0.05) is 5.69 Å². The molecule has 1 amide bonds. The largest absolute Gasteiger partial charge is 0.417 e. The van der Waals surface area contributed by atoms with Crippen molar-refractivity contribution in [2.45, 2.75) is 19.1 Å². The van der Waals surface area contributed by atoms with Crippen LogP contribution >= 0.6 is 11.6 Å². The Bertz CT molecular complexity index is 996. The van der Waals surface area contributed by atoms with Gasteiger partial charge in [0.1, 0.15) is 11.9 Å². The molecule has 0 fully saturated rings. The zero-order valence-corrected chi connectivity index (χ0v) is 16.2. The zero-order chi connectivity index (χ0) is 21.3. The smallest absolute Gasteiger partial charge is 0.324 e. The highest BCUT2D eigenvalue weighted by molar-refractivity contribution is 7.92. The summed E-state index contributed by atoms with van der Waals surface area (Å²) in [5.74, 6) is -1.83. The van der Waals surface area contributed by atoms with Gasteiger partial charge in [0.15, 0.2) is 0 Å². The highest BCUT2D eigenvalue weighted by Gasteiger charge is 2.34. The number of halogens is 5. The van der Waals surface area contributed by atoms with E-state index in [1.165, 1.54) is 25.1 Å². The van der Waals surface area contributed by atoms with Crippen LogP contribution in [0.4, 0.5) is 28.9 Å². The Kier molecular flexibility index (Phi) is 6.24. The minimum Gasteiger partial charge on any atom is -0.324 e. The number of amides is 1. The predicted octanol–water partition coefficient (Wildman–Crippen LogP) is 4.29. The zero-order valence-electron chi connectivity index (χ0n) is 14.6. The third kappa shape index (κ3) is 4.93. The van der Waals surface area contributed by atoms with Gasteiger partial charge in [0.25, 0.3) is 0 Å². The summed E-state index contributed by atoms with van der Waals surface area (Å²) in [5, 5.41) is 1.64. The second kappa shape index (κ2) is 7.96. The Labute approximate surface area is 164 Å². The molecule has 0 saturated carbocycles. The van der Waals surface area contributed by atoms with Gasteiger partial charge in [-0.15, -0.1) is 0 Å². The molecule has 28 heavy (non-hydrogen) atoms. The highest BCUT2D eigenvalue weighted by Crippen LogP contribution is 2.36. The van der Waals surface area contributed by atoms with Crippen LogP contribution in [0.15, 0.2) is 42.5 Å². The van der Waals surface area contributed by atoms with Crippen LogP contribution in [0.1, 0.15) is 12.5 Å². The maximum Gasteiger partial charge on any atom is 0.417 e. The molecule has 0 spiro atoms. The van der Waals surface area contributed by atoms with E-state index >= 15 is 0 Å². The minimum atomic E-state index is -4.74. The Balaban J connectivity index is 2.36. The van der Waals surface area contributed by atoms with Crippen LogP contribution < -0.4 is 9.62 Å². The molecule has 0 radical (unpaired) electrons. The SMILES string of the molecule is C[C@@H](C(=O)Nc1ccc(Cl)c(C(F)(F)F)c1)N(c1ccccc1F)S(C)(=O)=O. The van der Waals surface area contributed by atoms with Crippen molar-refractivity contribution in [3.05, 3.63) is 58.9 Å². The number of para-hydroxylation sites is 1. The molecular formula is C17H15ClF4N2O3S. The van der Waals surface area contributed by atoms with Gasteiger partial charge in [-0.2, -0.15) is 13.2 Å². The fourth-order valence-electron chi connectivity index (χ4n) is 2.48. The molecule has 2 rings (SSSR count). The number of carbonyl (C=O) groups is 1. The first-order valence-corrected chi connectivity index (χ1v) is 9.96. The number of sulfonamides is 1. The van der Waals surface area contributed by atoms with E-state index in [1.807, 2.05) is 0 Å². The number of nitrogens with one attached hydrogen (secondary N) is 1. The van der Waals surface area contributed by atoms with E-state index in [4.69, 9.17) is 11.6 Å². The molecule has 2 aromatic carbocycles. The normalized spacial score (nSPS) is 13.1. The summed E-state index contributed by atoms with van der Waals surface area (Å²) in [7, 11) is -4.08. The molecule has 0 aliphatic carbocycles. The van der Waals surface area contributed by atoms with Gasteiger partial charge >= 0.3 is 6.18 Å². The van der Waals surface area contributed by atoms with E-state index in [0.717, 1.165) is 24.5 Å². The molecule has 5 nitrogen and oxygen atoms in total. The fourth-order valence-corrected chi connectivity index (χ4v) is 3.88. The molecule has 0 aliphatic rings. The summed E-state index contributed by atoms with van der Waals surface area (Å²) in [4.78, 5) is 12.5. The van der Waals surface area contributed by atoms with Gasteiger partial charge in [0.2, 0.25) is 15.9 Å². The monoisotopic (exact) mass is 438 g/mol. The fraction of sp³-hybridized carbons (Fsp3) is 0.235. The van der Waals surface area contributed by atoms with E-state index in [9.17, 15) is 30.8 Å². The van der Waals surface area contributed by atoms with Crippen molar-refractivity contribution in [1.29, 1.82) is 0 Å². The van der Waals surface area contributed by atoms with Gasteiger partial charge in [-0.25, -0.2) is 12.8 Å². The van der Waals surface area contributed by atoms with Crippen molar-refractivity contribution < 1.29 is 30.8 Å². The number of benzene rings is 2. The minimum absolute atomic E-state index is 0.240. The number of hydrogen-bond acceptors (Lipinski definition) is 3. The van der Waals surface area contributed by atoms with Crippen molar-refractivity contribution in [2.75, 3.05) is 15.9 Å². The topological polar surface area (TPSA) is 66.5 Å². The van der Waals surface area contributed by atoms with Crippen LogP contribution in [-0.4, -0.2) is 26.6 Å². The molecule has 0 aliphatic heterocycles. The molecule has 0 saturated heterocycles. The Morgan fingerprint density at radius 2 is 1.79 bits per heavy atom. The lowest BCUT2D eigenvalue weighted by molar-refractivity contribution is -0.137. The molecular weight excluding hydrogens is 424 g/mol. The summed E-state index contributed by atoms with van der Waals surface area (Å²) < 4.78 is 77.7. The number of carbonyl (C=O) groups excluding carboxylic acids is 1. The van der Waals surface area contributed by atoms with E-state index in [2.05, 4.69) is 5.32 Å². The average molecular weight is 439 g/mol. The van der Waals surface area contributed by atoms with Crippen LogP contribution in [-0.2, 0) is 21.0 Å². The lowest BCUT2D eigenvalue weighted by atomic mass is 10.2. The van der Waals surface area contributed by atoms with Crippen molar-refractivity contribution in [2.24, 2.45) is 0 Å². The quantitative estimate of drug-likeness (QED) is 0.708. The van der Waals surface area contributed by atoms with Crippen LogP contribution in [0.3, 0.4) is 0 Å². The van der Waals surface area contributed by atoms with Gasteiger partial charge in [0.05, 0.1) is 22.5 Å². The molecule has 0 bridgehead atoms. The number of rotatable bonds is 5. The van der Waals surface area contributed by atoms with Gasteiger partial charge < -0.3 is 5.32 Å². The first-order valence-electron chi connectivity index (χ1n) is 7.74. The molecule has 11 heteroatoms. The lowest BCUT2D eigenvalue weighted by Crippen LogP contribution is -2.45. The predicted molar refractivity (Wildman–Crippen MR) is 98.3 cm³/mol. The first kappa shape index (κ1) is 22.0. The molecule has 152 valence electrons. The van der Waals surface area contributed by atoms with E-state index in [0.29, 0.717) is 10.4 Å². The van der Waals surface area contributed by atoms with Crippen LogP contribution in [0, 0.1) is 5.82 Å². The standard InChI is InChI=1S/C17H15ClF4N2O3S/c1-10(24(28(2,26)27)15-6-4-3-5-14(15)19)16(25)23-11-7-8-13(18)12(9-11)17(20,21)22/h3-10H,1-2H3,(H,23,25)/t10-/m0/s1. The van der Waals surface area contributed by atoms with Crippen LogP contribution in [0.25, 0.3) is 0 Å². The Morgan fingerprint density at radius 1 is 1.18 bits per heavy atom. The van der Waals surface area contributed by atoms with Crippen molar-refractivity contribution >= 4 is 38.9 Å². The van der Waals surface area contributed by atoms with Crippen molar-refractivity contribution in [3.8, 4) is 0 Å². The van der Waals surface area contributed by atoms with Gasteiger partial charge in [-0.05, 0) is 37.3 Å². The van der Waals surface area contributed by atoms with Gasteiger partial charge in [-0.3, -0.25) is 9.10 Å². The lowest BCUT2D eigenvalue weighted by Gasteiger charge is -2.28. The second-order valence-corrected chi connectivity index (χ2v) is 8.13. The molecule has 2 aromatic rings. The highest BCUT2D eigenvalue weighted by atomic mass is 35.5. The Hall–Kier alpha value is -2.33. The summed E-state index contributed by atoms with van der Waals surface area (Å²) >= 11 is 5.53. The van der Waals surface area contributed by atoms with Crippen molar-refractivity contribution in [3.63, 3.8) is 0 Å². The number of alkyl halides is 3. The van der Waals surface area contributed by atoms with Crippen molar-refractivity contribution in [1.82, 2.24) is 0 Å². The molecule has 1 atom stereocenters. The maximum atomic E-state index is 14.1. The molecule has 0 unspecified atom stereocenters.